The third kappa shape index (κ3) is 4.55. The quantitative estimate of drug-likeness (QED) is 0.893. The molecule has 0 radical (unpaired) electrons. The Kier molecular flexibility index (Phi) is 4.93. The van der Waals surface area contributed by atoms with E-state index in [1.54, 1.807) is 12.1 Å². The molecular formula is C14H18ClN3O. The van der Waals surface area contributed by atoms with Crippen LogP contribution in [-0.4, -0.2) is 11.9 Å². The molecule has 0 saturated heterocycles. The van der Waals surface area contributed by atoms with Crippen molar-refractivity contribution in [2.45, 2.75) is 33.2 Å². The molecule has 0 aliphatic carbocycles. The zero-order valence-electron chi connectivity index (χ0n) is 11.3. The number of carbonyl (C=O) groups is 1. The normalized spacial score (nSPS) is 12.6. The van der Waals surface area contributed by atoms with Gasteiger partial charge in [-0.15, -0.1) is 0 Å². The minimum absolute atomic E-state index is 0.133. The molecule has 0 heterocycles. The number of carbonyl (C=O) groups excluding carboxylic acids is 1. The van der Waals surface area contributed by atoms with Crippen LogP contribution in [-0.2, 0) is 4.79 Å². The van der Waals surface area contributed by atoms with Crippen LogP contribution in [0.4, 0.5) is 5.69 Å². The van der Waals surface area contributed by atoms with Gasteiger partial charge in [0, 0.05) is 12.5 Å². The number of halogens is 1. The van der Waals surface area contributed by atoms with Gasteiger partial charge in [-0.3, -0.25) is 4.79 Å². The Morgan fingerprint density at radius 3 is 2.63 bits per heavy atom. The van der Waals surface area contributed by atoms with Crippen LogP contribution in [0, 0.1) is 16.7 Å². The van der Waals surface area contributed by atoms with Crippen molar-refractivity contribution in [2.24, 2.45) is 11.1 Å². The van der Waals surface area contributed by atoms with E-state index in [1.165, 1.54) is 6.07 Å². The molecule has 0 saturated carbocycles. The van der Waals surface area contributed by atoms with Crippen molar-refractivity contribution >= 4 is 23.2 Å². The highest BCUT2D eigenvalue weighted by molar-refractivity contribution is 6.33. The summed E-state index contributed by atoms with van der Waals surface area (Å²) < 4.78 is 0. The van der Waals surface area contributed by atoms with Crippen LogP contribution in [0.1, 0.15) is 32.8 Å². The number of hydrogen-bond acceptors (Lipinski definition) is 3. The van der Waals surface area contributed by atoms with Crippen LogP contribution in [0.3, 0.4) is 0 Å². The second kappa shape index (κ2) is 6.05. The lowest BCUT2D eigenvalue weighted by atomic mass is 9.85. The highest BCUT2D eigenvalue weighted by Gasteiger charge is 2.23. The lowest BCUT2D eigenvalue weighted by molar-refractivity contribution is -0.117. The number of amides is 1. The smallest absolute Gasteiger partial charge is 0.225 e. The third-order valence-corrected chi connectivity index (χ3v) is 3.20. The Hall–Kier alpha value is -1.57. The average Bonchev–Trinajstić information content (AvgIpc) is 2.30. The first-order chi connectivity index (χ1) is 8.74. The molecule has 0 bridgehead atoms. The van der Waals surface area contributed by atoms with Gasteiger partial charge in [0.1, 0.15) is 0 Å². The molecule has 1 aromatic rings. The zero-order valence-corrected chi connectivity index (χ0v) is 12.1. The van der Waals surface area contributed by atoms with E-state index in [4.69, 9.17) is 22.6 Å². The van der Waals surface area contributed by atoms with Crippen molar-refractivity contribution in [3.8, 4) is 6.07 Å². The highest BCUT2D eigenvalue weighted by Crippen LogP contribution is 2.24. The van der Waals surface area contributed by atoms with Crippen LogP contribution >= 0.6 is 11.6 Å². The van der Waals surface area contributed by atoms with Crippen molar-refractivity contribution in [3.05, 3.63) is 28.8 Å². The predicted molar refractivity (Wildman–Crippen MR) is 76.8 cm³/mol. The van der Waals surface area contributed by atoms with Gasteiger partial charge in [0.2, 0.25) is 5.91 Å². The fourth-order valence-corrected chi connectivity index (χ4v) is 1.62. The van der Waals surface area contributed by atoms with Gasteiger partial charge in [-0.25, -0.2) is 0 Å². The minimum atomic E-state index is -0.232. The topological polar surface area (TPSA) is 78.9 Å². The molecule has 1 amide bonds. The molecule has 0 spiro atoms. The number of hydrogen-bond donors (Lipinski definition) is 2. The molecular weight excluding hydrogens is 262 g/mol. The molecule has 1 aromatic carbocycles. The van der Waals surface area contributed by atoms with Crippen molar-refractivity contribution in [2.75, 3.05) is 5.32 Å². The van der Waals surface area contributed by atoms with E-state index >= 15 is 0 Å². The van der Waals surface area contributed by atoms with Gasteiger partial charge < -0.3 is 11.1 Å². The summed E-state index contributed by atoms with van der Waals surface area (Å²) in [6, 6.07) is 6.48. The molecule has 5 heteroatoms. The first kappa shape index (κ1) is 15.5. The maximum Gasteiger partial charge on any atom is 0.225 e. The van der Waals surface area contributed by atoms with Crippen molar-refractivity contribution in [3.63, 3.8) is 0 Å². The summed E-state index contributed by atoms with van der Waals surface area (Å²) in [6.07, 6.45) is 0.222. The van der Waals surface area contributed by atoms with Gasteiger partial charge in [-0.05, 0) is 23.6 Å². The fourth-order valence-electron chi connectivity index (χ4n) is 1.39. The summed E-state index contributed by atoms with van der Waals surface area (Å²) >= 11 is 5.98. The number of nitrogens with one attached hydrogen (secondary N) is 1. The zero-order chi connectivity index (χ0) is 14.6. The summed E-state index contributed by atoms with van der Waals surface area (Å²) in [7, 11) is 0. The van der Waals surface area contributed by atoms with Crippen molar-refractivity contribution < 1.29 is 4.79 Å². The van der Waals surface area contributed by atoms with Gasteiger partial charge in [0.15, 0.2) is 0 Å². The van der Waals surface area contributed by atoms with Gasteiger partial charge >= 0.3 is 0 Å². The minimum Gasteiger partial charge on any atom is -0.327 e. The Morgan fingerprint density at radius 2 is 2.16 bits per heavy atom. The summed E-state index contributed by atoms with van der Waals surface area (Å²) in [4.78, 5) is 11.9. The van der Waals surface area contributed by atoms with E-state index in [0.717, 1.165) is 0 Å². The number of nitriles is 1. The molecule has 1 unspecified atom stereocenters. The summed E-state index contributed by atoms with van der Waals surface area (Å²) in [5.41, 5.74) is 6.76. The highest BCUT2D eigenvalue weighted by atomic mass is 35.5. The Morgan fingerprint density at radius 1 is 1.53 bits per heavy atom. The summed E-state index contributed by atoms with van der Waals surface area (Å²) in [6.45, 7) is 5.96. The Bertz CT molecular complexity index is 514. The molecule has 3 N–H and O–H groups in total. The Labute approximate surface area is 118 Å². The van der Waals surface area contributed by atoms with Crippen LogP contribution < -0.4 is 11.1 Å². The largest absolute Gasteiger partial charge is 0.327 e. The van der Waals surface area contributed by atoms with E-state index in [-0.39, 0.29) is 23.8 Å². The second-order valence-electron chi connectivity index (χ2n) is 5.53. The predicted octanol–water partition coefficient (Wildman–Crippen LogP) is 2.91. The maximum atomic E-state index is 11.9. The average molecular weight is 280 g/mol. The molecule has 0 aromatic heterocycles. The maximum absolute atomic E-state index is 11.9. The third-order valence-electron chi connectivity index (χ3n) is 2.89. The fraction of sp³-hybridized carbons (Fsp3) is 0.429. The number of rotatable bonds is 3. The SMILES string of the molecule is CC(C)(C)C(N)CC(=O)Nc1ccc(C#N)cc1Cl. The standard InChI is InChI=1S/C14H18ClN3O/c1-14(2,3)12(17)7-13(19)18-11-5-4-9(8-16)6-10(11)15/h4-6,12H,7,17H2,1-3H3,(H,18,19). The number of nitrogens with two attached hydrogens (primary N) is 1. The number of nitrogens with zero attached hydrogens (tertiary/aromatic N) is 1. The van der Waals surface area contributed by atoms with Crippen LogP contribution in [0.2, 0.25) is 5.02 Å². The van der Waals surface area contributed by atoms with Gasteiger partial charge in [0.25, 0.3) is 0 Å². The van der Waals surface area contributed by atoms with E-state index in [0.29, 0.717) is 16.3 Å². The molecule has 4 nitrogen and oxygen atoms in total. The lowest BCUT2D eigenvalue weighted by Gasteiger charge is -2.26. The van der Waals surface area contributed by atoms with Crippen molar-refractivity contribution in [1.82, 2.24) is 0 Å². The molecule has 0 fully saturated rings. The van der Waals surface area contributed by atoms with Crippen LogP contribution in [0.25, 0.3) is 0 Å². The molecule has 0 aliphatic heterocycles. The molecule has 1 atom stereocenters. The second-order valence-corrected chi connectivity index (χ2v) is 5.94. The van der Waals surface area contributed by atoms with Crippen LogP contribution in [0.15, 0.2) is 18.2 Å². The summed E-state index contributed by atoms with van der Waals surface area (Å²) in [5.74, 6) is -0.186. The number of anilines is 1. The van der Waals surface area contributed by atoms with Crippen molar-refractivity contribution in [1.29, 1.82) is 5.26 Å². The van der Waals surface area contributed by atoms with E-state index < -0.39 is 0 Å². The van der Waals surface area contributed by atoms with Gasteiger partial charge in [-0.2, -0.15) is 5.26 Å². The molecule has 1 rings (SSSR count). The van der Waals surface area contributed by atoms with Gasteiger partial charge in [-0.1, -0.05) is 32.4 Å². The monoisotopic (exact) mass is 279 g/mol. The number of benzene rings is 1. The van der Waals surface area contributed by atoms with E-state index in [9.17, 15) is 4.79 Å². The van der Waals surface area contributed by atoms with Crippen LogP contribution in [0.5, 0.6) is 0 Å². The van der Waals surface area contributed by atoms with E-state index in [1.807, 2.05) is 26.8 Å². The molecule has 102 valence electrons. The van der Waals surface area contributed by atoms with Gasteiger partial charge in [0.05, 0.1) is 22.3 Å². The Balaban J connectivity index is 2.71. The summed E-state index contributed by atoms with van der Waals surface area (Å²) in [5, 5.41) is 11.8. The molecule has 19 heavy (non-hydrogen) atoms. The van der Waals surface area contributed by atoms with E-state index in [2.05, 4.69) is 5.32 Å². The first-order valence-electron chi connectivity index (χ1n) is 5.99. The molecule has 0 aliphatic rings. The first-order valence-corrected chi connectivity index (χ1v) is 6.37. The lowest BCUT2D eigenvalue weighted by Crippen LogP contribution is -2.38.